The number of hydrogen-bond donors (Lipinski definition) is 3. The van der Waals surface area contributed by atoms with Crippen LogP contribution in [0.1, 0.15) is 12.7 Å². The van der Waals surface area contributed by atoms with Gasteiger partial charge < -0.3 is 15.6 Å². The molecule has 0 saturated carbocycles. The van der Waals surface area contributed by atoms with Crippen LogP contribution in [0.4, 0.5) is 10.1 Å². The summed E-state index contributed by atoms with van der Waals surface area (Å²) in [5.41, 5.74) is 0.680. The van der Waals surface area contributed by atoms with E-state index in [0.717, 1.165) is 5.82 Å². The summed E-state index contributed by atoms with van der Waals surface area (Å²) in [7, 11) is 0. The Bertz CT molecular complexity index is 556. The van der Waals surface area contributed by atoms with Crippen molar-refractivity contribution in [2.45, 2.75) is 19.4 Å². The van der Waals surface area contributed by atoms with Gasteiger partial charge in [-0.3, -0.25) is 4.79 Å². The van der Waals surface area contributed by atoms with Gasteiger partial charge in [-0.05, 0) is 18.2 Å². The van der Waals surface area contributed by atoms with Crippen LogP contribution in [0, 0.1) is 5.82 Å². The zero-order chi connectivity index (χ0) is 14.4. The van der Waals surface area contributed by atoms with Gasteiger partial charge in [0.05, 0.1) is 6.04 Å². The molecule has 0 bridgehead atoms. The third-order valence-corrected chi connectivity index (χ3v) is 2.78. The fourth-order valence-corrected chi connectivity index (χ4v) is 1.94. The summed E-state index contributed by atoms with van der Waals surface area (Å²) >= 11 is 0. The van der Waals surface area contributed by atoms with E-state index in [1.165, 1.54) is 19.1 Å². The topological polar surface area (TPSA) is 69.8 Å². The fraction of sp³-hybridized carbons (Fsp3) is 0.286. The van der Waals surface area contributed by atoms with E-state index in [4.69, 9.17) is 0 Å². The first-order chi connectivity index (χ1) is 9.63. The van der Waals surface area contributed by atoms with E-state index in [9.17, 15) is 9.18 Å². The summed E-state index contributed by atoms with van der Waals surface area (Å²) < 4.78 is 13.1. The number of benzene rings is 1. The van der Waals surface area contributed by atoms with Crippen LogP contribution in [-0.2, 0) is 11.2 Å². The van der Waals surface area contributed by atoms with Crippen molar-refractivity contribution in [3.8, 4) is 0 Å². The number of aromatic nitrogens is 2. The first-order valence-electron chi connectivity index (χ1n) is 6.38. The Morgan fingerprint density at radius 2 is 2.35 bits per heavy atom. The lowest BCUT2D eigenvalue weighted by molar-refractivity contribution is -0.119. The minimum absolute atomic E-state index is 0.109. The first-order valence-corrected chi connectivity index (χ1v) is 6.38. The SMILES string of the molecule is CC(=O)NC(CNc1cccc(F)c1)Cc1ncc[nH]1. The highest BCUT2D eigenvalue weighted by molar-refractivity contribution is 5.73. The van der Waals surface area contributed by atoms with Crippen molar-refractivity contribution in [2.24, 2.45) is 0 Å². The molecule has 1 unspecified atom stereocenters. The molecule has 1 atom stereocenters. The van der Waals surface area contributed by atoms with Gasteiger partial charge in [0.1, 0.15) is 11.6 Å². The van der Waals surface area contributed by atoms with E-state index in [0.29, 0.717) is 18.7 Å². The van der Waals surface area contributed by atoms with E-state index in [-0.39, 0.29) is 17.8 Å². The number of aromatic amines is 1. The molecule has 0 fully saturated rings. The van der Waals surface area contributed by atoms with Crippen LogP contribution < -0.4 is 10.6 Å². The van der Waals surface area contributed by atoms with Crippen molar-refractivity contribution in [3.05, 3.63) is 48.3 Å². The van der Waals surface area contributed by atoms with Crippen molar-refractivity contribution in [3.63, 3.8) is 0 Å². The molecule has 20 heavy (non-hydrogen) atoms. The van der Waals surface area contributed by atoms with Crippen molar-refractivity contribution in [2.75, 3.05) is 11.9 Å². The van der Waals surface area contributed by atoms with Gasteiger partial charge in [-0.2, -0.15) is 0 Å². The Kier molecular flexibility index (Phi) is 4.70. The summed E-state index contributed by atoms with van der Waals surface area (Å²) in [5, 5.41) is 5.95. The molecule has 0 radical (unpaired) electrons. The Hall–Kier alpha value is -2.37. The molecule has 5 nitrogen and oxygen atoms in total. The maximum atomic E-state index is 13.1. The summed E-state index contributed by atoms with van der Waals surface area (Å²) in [4.78, 5) is 18.4. The van der Waals surface area contributed by atoms with Crippen molar-refractivity contribution in [1.82, 2.24) is 15.3 Å². The second-order valence-electron chi connectivity index (χ2n) is 4.53. The minimum Gasteiger partial charge on any atom is -0.383 e. The molecule has 1 aromatic heterocycles. The van der Waals surface area contributed by atoms with Crippen LogP contribution in [0.2, 0.25) is 0 Å². The van der Waals surface area contributed by atoms with Gasteiger partial charge in [0.15, 0.2) is 0 Å². The molecule has 2 aromatic rings. The third kappa shape index (κ3) is 4.38. The molecule has 0 aliphatic carbocycles. The molecule has 0 spiro atoms. The number of anilines is 1. The van der Waals surface area contributed by atoms with E-state index >= 15 is 0 Å². The summed E-state index contributed by atoms with van der Waals surface area (Å²) in [6.45, 7) is 1.96. The van der Waals surface area contributed by atoms with Crippen LogP contribution in [-0.4, -0.2) is 28.5 Å². The number of nitrogens with one attached hydrogen (secondary N) is 3. The van der Waals surface area contributed by atoms with E-state index in [2.05, 4.69) is 20.6 Å². The maximum Gasteiger partial charge on any atom is 0.217 e. The average Bonchev–Trinajstić information content (AvgIpc) is 2.88. The van der Waals surface area contributed by atoms with Crippen LogP contribution in [0.15, 0.2) is 36.7 Å². The number of hydrogen-bond acceptors (Lipinski definition) is 3. The van der Waals surface area contributed by atoms with Crippen molar-refractivity contribution < 1.29 is 9.18 Å². The van der Waals surface area contributed by atoms with Gasteiger partial charge in [0.25, 0.3) is 0 Å². The highest BCUT2D eigenvalue weighted by atomic mass is 19.1. The van der Waals surface area contributed by atoms with Crippen LogP contribution in [0.3, 0.4) is 0 Å². The lowest BCUT2D eigenvalue weighted by Gasteiger charge is -2.18. The zero-order valence-electron chi connectivity index (χ0n) is 11.2. The van der Waals surface area contributed by atoms with Gasteiger partial charge in [-0.15, -0.1) is 0 Å². The Morgan fingerprint density at radius 1 is 1.50 bits per heavy atom. The highest BCUT2D eigenvalue weighted by Crippen LogP contribution is 2.09. The molecule has 0 aliphatic heterocycles. The molecule has 2 rings (SSSR count). The Morgan fingerprint density at radius 3 is 3.00 bits per heavy atom. The lowest BCUT2D eigenvalue weighted by Crippen LogP contribution is -2.40. The van der Waals surface area contributed by atoms with Gasteiger partial charge in [-0.25, -0.2) is 9.37 Å². The number of amides is 1. The minimum atomic E-state index is -0.294. The normalized spacial score (nSPS) is 11.9. The quantitative estimate of drug-likeness (QED) is 0.752. The van der Waals surface area contributed by atoms with Crippen molar-refractivity contribution in [1.29, 1.82) is 0 Å². The van der Waals surface area contributed by atoms with E-state index in [1.807, 2.05) is 0 Å². The lowest BCUT2D eigenvalue weighted by atomic mass is 10.2. The van der Waals surface area contributed by atoms with Crippen LogP contribution in [0.5, 0.6) is 0 Å². The summed E-state index contributed by atoms with van der Waals surface area (Å²) in [6, 6.07) is 6.09. The number of halogens is 1. The highest BCUT2D eigenvalue weighted by Gasteiger charge is 2.12. The standard InChI is InChI=1S/C14H17FN4O/c1-10(20)19-13(8-14-16-5-6-17-14)9-18-12-4-2-3-11(15)7-12/h2-7,13,18H,8-9H2,1H3,(H,16,17)(H,19,20). The summed E-state index contributed by atoms with van der Waals surface area (Å²) in [6.07, 6.45) is 3.98. The number of H-pyrrole nitrogens is 1. The Balaban J connectivity index is 1.95. The number of rotatable bonds is 6. The van der Waals surface area contributed by atoms with Crippen LogP contribution >= 0.6 is 0 Å². The molecule has 106 valence electrons. The first kappa shape index (κ1) is 14.0. The molecule has 1 aromatic carbocycles. The van der Waals surface area contributed by atoms with Gasteiger partial charge >= 0.3 is 0 Å². The van der Waals surface area contributed by atoms with Gasteiger partial charge in [0.2, 0.25) is 5.91 Å². The molecular formula is C14H17FN4O. The number of nitrogens with zero attached hydrogens (tertiary/aromatic N) is 1. The monoisotopic (exact) mass is 276 g/mol. The Labute approximate surface area is 116 Å². The molecule has 6 heteroatoms. The predicted octanol–water partition coefficient (Wildman–Crippen LogP) is 1.71. The molecule has 0 aliphatic rings. The summed E-state index contributed by atoms with van der Waals surface area (Å²) in [5.74, 6) is 0.393. The predicted molar refractivity (Wildman–Crippen MR) is 74.8 cm³/mol. The van der Waals surface area contributed by atoms with E-state index < -0.39 is 0 Å². The molecule has 3 N–H and O–H groups in total. The zero-order valence-corrected chi connectivity index (χ0v) is 11.2. The molecular weight excluding hydrogens is 259 g/mol. The van der Waals surface area contributed by atoms with Gasteiger partial charge in [0, 0.05) is 38.0 Å². The average molecular weight is 276 g/mol. The largest absolute Gasteiger partial charge is 0.383 e. The second-order valence-corrected chi connectivity index (χ2v) is 4.53. The fourth-order valence-electron chi connectivity index (χ4n) is 1.94. The van der Waals surface area contributed by atoms with Gasteiger partial charge in [-0.1, -0.05) is 6.07 Å². The molecule has 1 amide bonds. The van der Waals surface area contributed by atoms with Crippen molar-refractivity contribution >= 4 is 11.6 Å². The smallest absolute Gasteiger partial charge is 0.217 e. The number of carbonyl (C=O) groups is 1. The number of carbonyl (C=O) groups excluding carboxylic acids is 1. The third-order valence-electron chi connectivity index (χ3n) is 2.78. The van der Waals surface area contributed by atoms with E-state index in [1.54, 1.807) is 24.5 Å². The molecule has 1 heterocycles. The second kappa shape index (κ2) is 6.70. The number of imidazole rings is 1. The molecule has 0 saturated heterocycles. The van der Waals surface area contributed by atoms with Crippen LogP contribution in [0.25, 0.3) is 0 Å². The maximum absolute atomic E-state index is 13.1.